The van der Waals surface area contributed by atoms with E-state index < -0.39 is 0 Å². The van der Waals surface area contributed by atoms with Gasteiger partial charge in [-0.25, -0.2) is 0 Å². The summed E-state index contributed by atoms with van der Waals surface area (Å²) in [4.78, 5) is 14.5. The molecule has 2 aromatic rings. The topological polar surface area (TPSA) is 48.0 Å². The van der Waals surface area contributed by atoms with Gasteiger partial charge in [0.2, 0.25) is 0 Å². The van der Waals surface area contributed by atoms with Crippen molar-refractivity contribution in [2.24, 2.45) is 0 Å². The first-order valence-electron chi connectivity index (χ1n) is 7.90. The first kappa shape index (κ1) is 16.3. The Hall–Kier alpha value is -2.53. The minimum atomic E-state index is -0.119. The number of carbonyl (C=O) groups is 1. The van der Waals surface area contributed by atoms with Crippen molar-refractivity contribution in [3.8, 4) is 11.5 Å². The maximum atomic E-state index is 12.7. The molecule has 1 aliphatic heterocycles. The Balaban J connectivity index is 1.70. The predicted molar refractivity (Wildman–Crippen MR) is 90.6 cm³/mol. The molecule has 1 amide bonds. The van der Waals surface area contributed by atoms with Gasteiger partial charge >= 0.3 is 0 Å². The fourth-order valence-electron chi connectivity index (χ4n) is 2.77. The fourth-order valence-corrected chi connectivity index (χ4v) is 2.77. The Morgan fingerprint density at radius 2 is 1.58 bits per heavy atom. The lowest BCUT2D eigenvalue weighted by molar-refractivity contribution is -0.0228. The van der Waals surface area contributed by atoms with Gasteiger partial charge in [-0.15, -0.1) is 0 Å². The van der Waals surface area contributed by atoms with Gasteiger partial charge in [0, 0.05) is 12.1 Å². The standard InChI is InChI=1S/C19H21NO4/c1-22-16-7-3-14(4-8-16)18-13-20(11-12-24-18)19(21)15-5-9-17(23-2)10-6-15/h3-10,18H,11-13H2,1-2H3. The van der Waals surface area contributed by atoms with Crippen molar-refractivity contribution in [3.05, 3.63) is 59.7 Å². The number of methoxy groups -OCH3 is 2. The van der Waals surface area contributed by atoms with E-state index in [2.05, 4.69) is 0 Å². The average Bonchev–Trinajstić information content (AvgIpc) is 2.67. The third-order valence-corrected chi connectivity index (χ3v) is 4.18. The van der Waals surface area contributed by atoms with Crippen LogP contribution in [0.5, 0.6) is 11.5 Å². The molecule has 24 heavy (non-hydrogen) atoms. The van der Waals surface area contributed by atoms with Crippen molar-refractivity contribution in [3.63, 3.8) is 0 Å². The van der Waals surface area contributed by atoms with Crippen molar-refractivity contribution in [1.29, 1.82) is 0 Å². The van der Waals surface area contributed by atoms with Gasteiger partial charge in [-0.3, -0.25) is 4.79 Å². The molecule has 1 unspecified atom stereocenters. The van der Waals surface area contributed by atoms with Gasteiger partial charge in [0.25, 0.3) is 5.91 Å². The summed E-state index contributed by atoms with van der Waals surface area (Å²) < 4.78 is 16.1. The number of hydrogen-bond donors (Lipinski definition) is 0. The summed E-state index contributed by atoms with van der Waals surface area (Å²) >= 11 is 0. The maximum absolute atomic E-state index is 12.7. The van der Waals surface area contributed by atoms with Gasteiger partial charge in [0.15, 0.2) is 0 Å². The normalized spacial score (nSPS) is 17.4. The summed E-state index contributed by atoms with van der Waals surface area (Å²) in [5.41, 5.74) is 1.70. The monoisotopic (exact) mass is 327 g/mol. The van der Waals surface area contributed by atoms with Crippen LogP contribution in [-0.2, 0) is 4.74 Å². The van der Waals surface area contributed by atoms with Gasteiger partial charge in [-0.1, -0.05) is 12.1 Å². The Kier molecular flexibility index (Phi) is 5.01. The van der Waals surface area contributed by atoms with E-state index in [0.717, 1.165) is 17.1 Å². The van der Waals surface area contributed by atoms with Crippen LogP contribution in [0.4, 0.5) is 0 Å². The van der Waals surface area contributed by atoms with Crippen molar-refractivity contribution < 1.29 is 19.0 Å². The average molecular weight is 327 g/mol. The van der Waals surface area contributed by atoms with Crippen LogP contribution in [0.1, 0.15) is 22.0 Å². The molecule has 2 aromatic carbocycles. The van der Waals surface area contributed by atoms with Crippen molar-refractivity contribution in [1.82, 2.24) is 4.90 Å². The van der Waals surface area contributed by atoms with E-state index in [1.54, 1.807) is 38.5 Å². The Morgan fingerprint density at radius 3 is 2.17 bits per heavy atom. The van der Waals surface area contributed by atoms with Crippen LogP contribution in [0.15, 0.2) is 48.5 Å². The maximum Gasteiger partial charge on any atom is 0.254 e. The minimum absolute atomic E-state index is 0.0134. The van der Waals surface area contributed by atoms with Gasteiger partial charge < -0.3 is 19.1 Å². The van der Waals surface area contributed by atoms with E-state index in [1.165, 1.54) is 0 Å². The Bertz CT molecular complexity index is 682. The van der Waals surface area contributed by atoms with Crippen LogP contribution in [-0.4, -0.2) is 44.7 Å². The molecule has 0 spiro atoms. The largest absolute Gasteiger partial charge is 0.497 e. The van der Waals surface area contributed by atoms with Crippen LogP contribution >= 0.6 is 0 Å². The van der Waals surface area contributed by atoms with E-state index in [4.69, 9.17) is 14.2 Å². The lowest BCUT2D eigenvalue weighted by Gasteiger charge is -2.33. The van der Waals surface area contributed by atoms with Gasteiger partial charge in [-0.2, -0.15) is 0 Å². The summed E-state index contributed by atoms with van der Waals surface area (Å²) in [5, 5.41) is 0. The molecule has 5 heteroatoms. The lowest BCUT2D eigenvalue weighted by atomic mass is 10.1. The van der Waals surface area contributed by atoms with E-state index >= 15 is 0 Å². The molecule has 3 rings (SSSR count). The first-order chi connectivity index (χ1) is 11.7. The number of rotatable bonds is 4. The number of amides is 1. The smallest absolute Gasteiger partial charge is 0.254 e. The van der Waals surface area contributed by atoms with Gasteiger partial charge in [-0.05, 0) is 42.0 Å². The number of nitrogens with zero attached hydrogens (tertiary/aromatic N) is 1. The molecule has 5 nitrogen and oxygen atoms in total. The van der Waals surface area contributed by atoms with Gasteiger partial charge in [0.1, 0.15) is 17.6 Å². The van der Waals surface area contributed by atoms with E-state index in [-0.39, 0.29) is 12.0 Å². The summed E-state index contributed by atoms with van der Waals surface area (Å²) in [6.45, 7) is 1.66. The summed E-state index contributed by atoms with van der Waals surface area (Å²) in [5.74, 6) is 1.56. The van der Waals surface area contributed by atoms with Crippen LogP contribution < -0.4 is 9.47 Å². The molecule has 0 aromatic heterocycles. The number of carbonyl (C=O) groups excluding carboxylic acids is 1. The molecule has 1 fully saturated rings. The third kappa shape index (κ3) is 3.51. The fraction of sp³-hybridized carbons (Fsp3) is 0.316. The predicted octanol–water partition coefficient (Wildman–Crippen LogP) is 2.92. The second-order valence-corrected chi connectivity index (χ2v) is 5.61. The van der Waals surface area contributed by atoms with Crippen molar-refractivity contribution in [2.75, 3.05) is 33.9 Å². The first-order valence-corrected chi connectivity index (χ1v) is 7.90. The highest BCUT2D eigenvalue weighted by molar-refractivity contribution is 5.94. The molecule has 1 atom stereocenters. The van der Waals surface area contributed by atoms with E-state index in [0.29, 0.717) is 25.3 Å². The molecule has 0 saturated carbocycles. The van der Waals surface area contributed by atoms with Gasteiger partial charge in [0.05, 0.1) is 27.4 Å². The highest BCUT2D eigenvalue weighted by atomic mass is 16.5. The zero-order valence-electron chi connectivity index (χ0n) is 13.9. The summed E-state index contributed by atoms with van der Waals surface area (Å²) in [6.07, 6.45) is -0.119. The highest BCUT2D eigenvalue weighted by Gasteiger charge is 2.26. The third-order valence-electron chi connectivity index (χ3n) is 4.18. The quantitative estimate of drug-likeness (QED) is 0.866. The second-order valence-electron chi connectivity index (χ2n) is 5.61. The van der Waals surface area contributed by atoms with Crippen LogP contribution in [0.3, 0.4) is 0 Å². The lowest BCUT2D eigenvalue weighted by Crippen LogP contribution is -2.42. The van der Waals surface area contributed by atoms with E-state index in [1.807, 2.05) is 29.2 Å². The SMILES string of the molecule is COc1ccc(C(=O)N2CCOC(c3ccc(OC)cc3)C2)cc1. The van der Waals surface area contributed by atoms with Crippen molar-refractivity contribution in [2.45, 2.75) is 6.10 Å². The molecule has 0 N–H and O–H groups in total. The number of morpholine rings is 1. The zero-order valence-corrected chi connectivity index (χ0v) is 13.9. The summed E-state index contributed by atoms with van der Waals surface area (Å²) in [6, 6.07) is 14.9. The highest BCUT2D eigenvalue weighted by Crippen LogP contribution is 2.25. The molecular formula is C19H21NO4. The molecule has 1 heterocycles. The van der Waals surface area contributed by atoms with Crippen LogP contribution in [0.25, 0.3) is 0 Å². The molecule has 0 bridgehead atoms. The Morgan fingerprint density at radius 1 is 1.00 bits per heavy atom. The molecule has 0 aliphatic carbocycles. The zero-order chi connectivity index (χ0) is 16.9. The number of benzene rings is 2. The summed E-state index contributed by atoms with van der Waals surface area (Å²) in [7, 11) is 3.25. The number of hydrogen-bond acceptors (Lipinski definition) is 4. The molecular weight excluding hydrogens is 306 g/mol. The van der Waals surface area contributed by atoms with Crippen molar-refractivity contribution >= 4 is 5.91 Å². The molecule has 126 valence electrons. The van der Waals surface area contributed by atoms with Crippen LogP contribution in [0, 0.1) is 0 Å². The van der Waals surface area contributed by atoms with Crippen LogP contribution in [0.2, 0.25) is 0 Å². The number of ether oxygens (including phenoxy) is 3. The van der Waals surface area contributed by atoms with E-state index in [9.17, 15) is 4.79 Å². The molecule has 0 radical (unpaired) electrons. The Labute approximate surface area is 141 Å². The second kappa shape index (κ2) is 7.36. The molecule has 1 aliphatic rings. The minimum Gasteiger partial charge on any atom is -0.497 e. The molecule has 1 saturated heterocycles.